The van der Waals surface area contributed by atoms with E-state index in [2.05, 4.69) is 27.7 Å². The highest BCUT2D eigenvalue weighted by molar-refractivity contribution is 4.85. The molecule has 1 aliphatic rings. The maximum Gasteiger partial charge on any atom is -0.0326 e. The van der Waals surface area contributed by atoms with Gasteiger partial charge in [-0.15, -0.1) is 0 Å². The lowest BCUT2D eigenvalue weighted by atomic mass is 9.72. The Labute approximate surface area is 71.4 Å². The molecule has 0 radical (unpaired) electrons. The summed E-state index contributed by atoms with van der Waals surface area (Å²) >= 11 is 0. The first kappa shape index (κ1) is 9.09. The summed E-state index contributed by atoms with van der Waals surface area (Å²) in [6.07, 6.45) is 5.74. The molecule has 1 aliphatic carbocycles. The summed E-state index contributed by atoms with van der Waals surface area (Å²) in [7, 11) is 0. The van der Waals surface area contributed by atoms with Gasteiger partial charge in [-0.2, -0.15) is 0 Å². The fourth-order valence-corrected chi connectivity index (χ4v) is 2.57. The number of hydrogen-bond donors (Lipinski definition) is 0. The van der Waals surface area contributed by atoms with Crippen LogP contribution in [0.25, 0.3) is 0 Å². The van der Waals surface area contributed by atoms with Gasteiger partial charge in [0, 0.05) is 0 Å². The zero-order valence-electron chi connectivity index (χ0n) is 8.48. The average Bonchev–Trinajstić information content (AvgIpc) is 2.36. The third-order valence-electron chi connectivity index (χ3n) is 3.78. The summed E-state index contributed by atoms with van der Waals surface area (Å²) in [5, 5.41) is 0. The van der Waals surface area contributed by atoms with Gasteiger partial charge >= 0.3 is 0 Å². The minimum absolute atomic E-state index is 0.593. The highest BCUT2D eigenvalue weighted by Crippen LogP contribution is 2.44. The van der Waals surface area contributed by atoms with Crippen molar-refractivity contribution in [2.75, 3.05) is 0 Å². The molecule has 11 heavy (non-hydrogen) atoms. The van der Waals surface area contributed by atoms with Crippen LogP contribution in [-0.2, 0) is 0 Å². The lowest BCUT2D eigenvalue weighted by Gasteiger charge is -2.33. The van der Waals surface area contributed by atoms with Crippen LogP contribution in [0.4, 0.5) is 0 Å². The zero-order chi connectivity index (χ0) is 8.48. The van der Waals surface area contributed by atoms with Crippen molar-refractivity contribution < 1.29 is 0 Å². The van der Waals surface area contributed by atoms with Crippen LogP contribution < -0.4 is 0 Å². The second-order valence-corrected chi connectivity index (χ2v) is 4.86. The van der Waals surface area contributed by atoms with Crippen molar-refractivity contribution in [3.63, 3.8) is 0 Å². The molecule has 0 aromatic heterocycles. The van der Waals surface area contributed by atoms with E-state index in [1.54, 1.807) is 0 Å². The molecule has 0 heterocycles. The Bertz CT molecular complexity index is 124. The van der Waals surface area contributed by atoms with E-state index in [9.17, 15) is 0 Å². The van der Waals surface area contributed by atoms with Crippen molar-refractivity contribution in [2.24, 2.45) is 17.3 Å². The molecule has 2 unspecified atom stereocenters. The molecule has 0 saturated heterocycles. The Morgan fingerprint density at radius 2 is 1.91 bits per heavy atom. The minimum Gasteiger partial charge on any atom is -0.0649 e. The zero-order valence-corrected chi connectivity index (χ0v) is 8.48. The first-order valence-electron chi connectivity index (χ1n) is 5.08. The number of hydrogen-bond acceptors (Lipinski definition) is 0. The highest BCUT2D eigenvalue weighted by atomic mass is 14.4. The van der Waals surface area contributed by atoms with Crippen molar-refractivity contribution >= 4 is 0 Å². The Morgan fingerprint density at radius 1 is 1.27 bits per heavy atom. The second-order valence-electron chi connectivity index (χ2n) is 4.86. The van der Waals surface area contributed by atoms with E-state index in [0.717, 1.165) is 11.8 Å². The molecule has 1 fully saturated rings. The van der Waals surface area contributed by atoms with E-state index in [0.29, 0.717) is 5.41 Å². The molecule has 0 aromatic carbocycles. The summed E-state index contributed by atoms with van der Waals surface area (Å²) < 4.78 is 0. The molecule has 66 valence electrons. The van der Waals surface area contributed by atoms with Crippen molar-refractivity contribution in [2.45, 2.75) is 53.4 Å². The van der Waals surface area contributed by atoms with E-state index in [1.807, 2.05) is 0 Å². The second kappa shape index (κ2) is 3.16. The Balaban J connectivity index is 2.58. The van der Waals surface area contributed by atoms with Crippen molar-refractivity contribution in [1.82, 2.24) is 0 Å². The summed E-state index contributed by atoms with van der Waals surface area (Å²) in [6.45, 7) is 9.61. The Kier molecular flexibility index (Phi) is 2.61. The van der Waals surface area contributed by atoms with E-state index in [1.165, 1.54) is 25.7 Å². The molecule has 0 aromatic rings. The summed E-state index contributed by atoms with van der Waals surface area (Å²) in [6, 6.07) is 0. The van der Waals surface area contributed by atoms with Gasteiger partial charge in [-0.1, -0.05) is 47.0 Å². The predicted octanol–water partition coefficient (Wildman–Crippen LogP) is 3.86. The van der Waals surface area contributed by atoms with Crippen LogP contribution >= 0.6 is 0 Å². The molecular weight excluding hydrogens is 132 g/mol. The molecule has 0 nitrogen and oxygen atoms in total. The van der Waals surface area contributed by atoms with E-state index < -0.39 is 0 Å². The SMILES string of the molecule is CCC(C)(C)C1CCCC1C. The molecule has 0 bridgehead atoms. The largest absolute Gasteiger partial charge is 0.0649 e. The fourth-order valence-electron chi connectivity index (χ4n) is 2.57. The monoisotopic (exact) mass is 154 g/mol. The molecule has 0 N–H and O–H groups in total. The molecule has 0 spiro atoms. The minimum atomic E-state index is 0.593. The van der Waals surface area contributed by atoms with Gasteiger partial charge in [-0.25, -0.2) is 0 Å². The van der Waals surface area contributed by atoms with E-state index in [-0.39, 0.29) is 0 Å². The van der Waals surface area contributed by atoms with E-state index >= 15 is 0 Å². The first-order valence-corrected chi connectivity index (χ1v) is 5.08. The van der Waals surface area contributed by atoms with Crippen LogP contribution in [0.2, 0.25) is 0 Å². The Hall–Kier alpha value is 0. The van der Waals surface area contributed by atoms with Crippen LogP contribution in [-0.4, -0.2) is 0 Å². The average molecular weight is 154 g/mol. The molecule has 0 amide bonds. The van der Waals surface area contributed by atoms with Crippen molar-refractivity contribution in [1.29, 1.82) is 0 Å². The van der Waals surface area contributed by atoms with Gasteiger partial charge in [0.2, 0.25) is 0 Å². The summed E-state index contributed by atoms with van der Waals surface area (Å²) in [5.74, 6) is 1.97. The van der Waals surface area contributed by atoms with Crippen molar-refractivity contribution in [3.8, 4) is 0 Å². The van der Waals surface area contributed by atoms with Gasteiger partial charge in [0.15, 0.2) is 0 Å². The number of rotatable bonds is 2. The Morgan fingerprint density at radius 3 is 2.27 bits per heavy atom. The molecule has 2 atom stereocenters. The highest BCUT2D eigenvalue weighted by Gasteiger charge is 2.34. The quantitative estimate of drug-likeness (QED) is 0.566. The maximum absolute atomic E-state index is 2.43. The summed E-state index contributed by atoms with van der Waals surface area (Å²) in [4.78, 5) is 0. The lowest BCUT2D eigenvalue weighted by Crippen LogP contribution is -2.24. The smallest absolute Gasteiger partial charge is 0.0326 e. The normalized spacial score (nSPS) is 32.7. The summed E-state index contributed by atoms with van der Waals surface area (Å²) in [5.41, 5.74) is 0.593. The van der Waals surface area contributed by atoms with Crippen LogP contribution in [0.5, 0.6) is 0 Å². The molecule has 0 aliphatic heterocycles. The third kappa shape index (κ3) is 1.77. The van der Waals surface area contributed by atoms with Gasteiger partial charge in [0.1, 0.15) is 0 Å². The van der Waals surface area contributed by atoms with Crippen LogP contribution in [0, 0.1) is 17.3 Å². The molecule has 1 rings (SSSR count). The van der Waals surface area contributed by atoms with Gasteiger partial charge in [0.25, 0.3) is 0 Å². The van der Waals surface area contributed by atoms with E-state index in [4.69, 9.17) is 0 Å². The standard InChI is InChI=1S/C11H22/c1-5-11(3,4)10-8-6-7-9(10)2/h9-10H,5-8H2,1-4H3. The molecular formula is C11H22. The first-order chi connectivity index (χ1) is 5.08. The molecule has 0 heteroatoms. The van der Waals surface area contributed by atoms with Gasteiger partial charge in [-0.3, -0.25) is 0 Å². The van der Waals surface area contributed by atoms with Crippen LogP contribution in [0.1, 0.15) is 53.4 Å². The fraction of sp³-hybridized carbons (Fsp3) is 1.00. The van der Waals surface area contributed by atoms with Gasteiger partial charge < -0.3 is 0 Å². The topological polar surface area (TPSA) is 0 Å². The van der Waals surface area contributed by atoms with Crippen LogP contribution in [0.15, 0.2) is 0 Å². The lowest BCUT2D eigenvalue weighted by molar-refractivity contribution is 0.165. The third-order valence-corrected chi connectivity index (χ3v) is 3.78. The van der Waals surface area contributed by atoms with Gasteiger partial charge in [0.05, 0.1) is 0 Å². The van der Waals surface area contributed by atoms with Gasteiger partial charge in [-0.05, 0) is 23.7 Å². The predicted molar refractivity (Wildman–Crippen MR) is 50.6 cm³/mol. The van der Waals surface area contributed by atoms with Crippen LogP contribution in [0.3, 0.4) is 0 Å². The maximum atomic E-state index is 2.43. The molecule has 1 saturated carbocycles. The van der Waals surface area contributed by atoms with Crippen molar-refractivity contribution in [3.05, 3.63) is 0 Å².